The summed E-state index contributed by atoms with van der Waals surface area (Å²) < 4.78 is 5.45. The van der Waals surface area contributed by atoms with Gasteiger partial charge in [-0.2, -0.15) is 0 Å². The highest BCUT2D eigenvalue weighted by Gasteiger charge is 2.40. The minimum absolute atomic E-state index is 0.253. The predicted molar refractivity (Wildman–Crippen MR) is 52.4 cm³/mol. The summed E-state index contributed by atoms with van der Waals surface area (Å²) in [5.41, 5.74) is 2.50. The summed E-state index contributed by atoms with van der Waals surface area (Å²) in [7, 11) is 2.04. The Labute approximate surface area is 87.5 Å². The van der Waals surface area contributed by atoms with Gasteiger partial charge in [-0.15, -0.1) is 0 Å². The molecule has 0 radical (unpaired) electrons. The minimum atomic E-state index is -0.709. The minimum Gasteiger partial charge on any atom is -0.481 e. The Morgan fingerprint density at radius 1 is 1.67 bits per heavy atom. The van der Waals surface area contributed by atoms with Crippen molar-refractivity contribution in [2.45, 2.75) is 25.4 Å². The number of hydrogen-bond donors (Lipinski definition) is 1. The normalized spacial score (nSPS) is 29.1. The standard InChI is InChI=1S/C11H13NO3/c1-12-4-7-5-15-9-3-6(11(13)14)2-8(12)10(7)9/h5-6,8H,2-4H2,1H3,(H,13,14). The second-order valence-electron chi connectivity index (χ2n) is 4.50. The lowest BCUT2D eigenvalue weighted by Crippen LogP contribution is -2.29. The summed E-state index contributed by atoms with van der Waals surface area (Å²) >= 11 is 0. The van der Waals surface area contributed by atoms with E-state index in [2.05, 4.69) is 4.90 Å². The maximum atomic E-state index is 11.0. The van der Waals surface area contributed by atoms with E-state index in [4.69, 9.17) is 9.52 Å². The molecule has 2 aliphatic rings. The average molecular weight is 207 g/mol. The van der Waals surface area contributed by atoms with Crippen molar-refractivity contribution < 1.29 is 14.3 Å². The summed E-state index contributed by atoms with van der Waals surface area (Å²) in [4.78, 5) is 13.2. The highest BCUT2D eigenvalue weighted by Crippen LogP contribution is 2.44. The fraction of sp³-hybridized carbons (Fsp3) is 0.545. The number of hydrogen-bond acceptors (Lipinski definition) is 3. The van der Waals surface area contributed by atoms with Gasteiger partial charge in [0.1, 0.15) is 5.76 Å². The molecule has 2 unspecified atom stereocenters. The molecule has 3 rings (SSSR count). The smallest absolute Gasteiger partial charge is 0.307 e. The van der Waals surface area contributed by atoms with Crippen LogP contribution in [-0.4, -0.2) is 23.0 Å². The highest BCUT2D eigenvalue weighted by molar-refractivity contribution is 5.71. The zero-order valence-electron chi connectivity index (χ0n) is 8.56. The summed E-state index contributed by atoms with van der Waals surface area (Å²) in [6, 6.07) is 0.253. The Morgan fingerprint density at radius 2 is 2.47 bits per heavy atom. The van der Waals surface area contributed by atoms with Crippen molar-refractivity contribution in [2.75, 3.05) is 7.05 Å². The predicted octanol–water partition coefficient (Wildman–Crippen LogP) is 1.41. The lowest BCUT2D eigenvalue weighted by Gasteiger charge is -2.28. The van der Waals surface area contributed by atoms with Gasteiger partial charge in [0.25, 0.3) is 0 Å². The van der Waals surface area contributed by atoms with E-state index < -0.39 is 5.97 Å². The Bertz CT molecular complexity index is 423. The Balaban J connectivity index is 2.03. The van der Waals surface area contributed by atoms with Crippen LogP contribution < -0.4 is 0 Å². The molecule has 1 aliphatic heterocycles. The van der Waals surface area contributed by atoms with Crippen LogP contribution in [0, 0.1) is 5.92 Å². The molecule has 0 aromatic carbocycles. The molecule has 1 aliphatic carbocycles. The van der Waals surface area contributed by atoms with Crippen molar-refractivity contribution >= 4 is 5.97 Å². The van der Waals surface area contributed by atoms with Crippen molar-refractivity contribution in [1.82, 2.24) is 4.90 Å². The summed E-state index contributed by atoms with van der Waals surface area (Å²) in [6.45, 7) is 0.885. The van der Waals surface area contributed by atoms with Gasteiger partial charge in [0.05, 0.1) is 12.2 Å². The van der Waals surface area contributed by atoms with E-state index in [0.717, 1.165) is 12.3 Å². The molecule has 2 heterocycles. The molecule has 15 heavy (non-hydrogen) atoms. The SMILES string of the molecule is CN1Cc2coc3c2C1CC(C(=O)O)C3. The van der Waals surface area contributed by atoms with Crippen LogP contribution in [0.1, 0.15) is 29.3 Å². The third-order valence-corrected chi connectivity index (χ3v) is 3.56. The van der Waals surface area contributed by atoms with Crippen molar-refractivity contribution in [3.05, 3.63) is 23.2 Å². The van der Waals surface area contributed by atoms with Gasteiger partial charge in [-0.3, -0.25) is 9.69 Å². The van der Waals surface area contributed by atoms with Gasteiger partial charge in [0.15, 0.2) is 0 Å². The van der Waals surface area contributed by atoms with Gasteiger partial charge >= 0.3 is 5.97 Å². The molecule has 0 saturated heterocycles. The fourth-order valence-electron chi connectivity index (χ4n) is 2.79. The lowest BCUT2D eigenvalue weighted by atomic mass is 9.85. The first-order valence-electron chi connectivity index (χ1n) is 5.19. The average Bonchev–Trinajstić information content (AvgIpc) is 2.73. The zero-order valence-corrected chi connectivity index (χ0v) is 8.56. The fourth-order valence-corrected chi connectivity index (χ4v) is 2.79. The maximum Gasteiger partial charge on any atom is 0.307 e. The maximum absolute atomic E-state index is 11.0. The van der Waals surface area contributed by atoms with Crippen LogP contribution in [0.2, 0.25) is 0 Å². The number of carbonyl (C=O) groups is 1. The number of carboxylic acids is 1. The molecule has 1 aromatic rings. The monoisotopic (exact) mass is 207 g/mol. The number of furan rings is 1. The molecule has 0 spiro atoms. The second kappa shape index (κ2) is 2.85. The Kier molecular flexibility index (Phi) is 1.71. The highest BCUT2D eigenvalue weighted by atomic mass is 16.4. The van der Waals surface area contributed by atoms with Gasteiger partial charge in [-0.05, 0) is 13.5 Å². The van der Waals surface area contributed by atoms with Crippen molar-refractivity contribution in [2.24, 2.45) is 5.92 Å². The van der Waals surface area contributed by atoms with Gasteiger partial charge < -0.3 is 9.52 Å². The molecule has 4 nitrogen and oxygen atoms in total. The van der Waals surface area contributed by atoms with Crippen molar-refractivity contribution in [3.8, 4) is 0 Å². The number of carboxylic acid groups (broad SMARTS) is 1. The largest absolute Gasteiger partial charge is 0.481 e. The van der Waals surface area contributed by atoms with Crippen molar-refractivity contribution in [3.63, 3.8) is 0 Å². The van der Waals surface area contributed by atoms with Gasteiger partial charge in [0, 0.05) is 30.1 Å². The van der Waals surface area contributed by atoms with E-state index in [9.17, 15) is 4.79 Å². The van der Waals surface area contributed by atoms with Crippen LogP contribution in [0.15, 0.2) is 10.7 Å². The molecule has 0 saturated carbocycles. The molecule has 2 atom stereocenters. The summed E-state index contributed by atoms with van der Waals surface area (Å²) in [5, 5.41) is 9.06. The lowest BCUT2D eigenvalue weighted by molar-refractivity contribution is -0.142. The van der Waals surface area contributed by atoms with Crippen LogP contribution in [0.4, 0.5) is 0 Å². The Morgan fingerprint density at radius 3 is 3.20 bits per heavy atom. The van der Waals surface area contributed by atoms with E-state index in [1.807, 2.05) is 7.05 Å². The topological polar surface area (TPSA) is 53.7 Å². The molecule has 0 bridgehead atoms. The van der Waals surface area contributed by atoms with Crippen molar-refractivity contribution in [1.29, 1.82) is 0 Å². The van der Waals surface area contributed by atoms with E-state index >= 15 is 0 Å². The van der Waals surface area contributed by atoms with Crippen LogP contribution in [0.3, 0.4) is 0 Å². The third kappa shape index (κ3) is 1.14. The van der Waals surface area contributed by atoms with E-state index in [1.165, 1.54) is 11.1 Å². The Hall–Kier alpha value is -1.29. The first-order chi connectivity index (χ1) is 7.16. The molecule has 1 N–H and O–H groups in total. The second-order valence-corrected chi connectivity index (χ2v) is 4.50. The number of nitrogens with zero attached hydrogens (tertiary/aromatic N) is 1. The molecule has 4 heteroatoms. The van der Waals surface area contributed by atoms with Crippen LogP contribution in [0.25, 0.3) is 0 Å². The first kappa shape index (κ1) is 8.97. The molecule has 80 valence electrons. The molecule has 0 amide bonds. The molecular weight excluding hydrogens is 194 g/mol. The third-order valence-electron chi connectivity index (χ3n) is 3.56. The number of rotatable bonds is 1. The van der Waals surface area contributed by atoms with Gasteiger partial charge in [-0.25, -0.2) is 0 Å². The molecular formula is C11H13NO3. The van der Waals surface area contributed by atoms with E-state index in [1.54, 1.807) is 6.26 Å². The molecule has 0 fully saturated rings. The number of aliphatic carboxylic acids is 1. The zero-order chi connectivity index (χ0) is 10.6. The first-order valence-corrected chi connectivity index (χ1v) is 5.19. The molecule has 1 aromatic heterocycles. The van der Waals surface area contributed by atoms with Crippen LogP contribution in [0.5, 0.6) is 0 Å². The summed E-state index contributed by atoms with van der Waals surface area (Å²) in [5.74, 6) is -0.112. The quantitative estimate of drug-likeness (QED) is 0.756. The van der Waals surface area contributed by atoms with Gasteiger partial charge in [-0.1, -0.05) is 0 Å². The van der Waals surface area contributed by atoms with Crippen LogP contribution >= 0.6 is 0 Å². The van der Waals surface area contributed by atoms with Crippen LogP contribution in [-0.2, 0) is 17.8 Å². The van der Waals surface area contributed by atoms with Gasteiger partial charge in [0.2, 0.25) is 0 Å². The van der Waals surface area contributed by atoms with E-state index in [-0.39, 0.29) is 12.0 Å². The van der Waals surface area contributed by atoms with E-state index in [0.29, 0.717) is 12.8 Å². The summed E-state index contributed by atoms with van der Waals surface area (Å²) in [6.07, 6.45) is 3.05.